The summed E-state index contributed by atoms with van der Waals surface area (Å²) in [6, 6.07) is 13.2. The maximum absolute atomic E-state index is 11.1. The maximum Gasteiger partial charge on any atom is 0.277 e. The normalized spacial score (nSPS) is 13.9. The topological polar surface area (TPSA) is 43.1 Å². The van der Waals surface area contributed by atoms with Gasteiger partial charge in [0, 0.05) is 6.07 Å². The van der Waals surface area contributed by atoms with E-state index >= 15 is 0 Å². The molecule has 3 rings (SSSR count). The number of nitro groups is 1. The molecule has 0 radical (unpaired) electrons. The predicted octanol–water partition coefficient (Wildman–Crippen LogP) is 4.14. The summed E-state index contributed by atoms with van der Waals surface area (Å²) in [5, 5.41) is 11.1. The molecule has 0 atom stereocenters. The van der Waals surface area contributed by atoms with E-state index in [9.17, 15) is 10.1 Å². The third-order valence-corrected chi connectivity index (χ3v) is 3.76. The van der Waals surface area contributed by atoms with E-state index in [1.54, 1.807) is 12.1 Å². The van der Waals surface area contributed by atoms with Gasteiger partial charge in [-0.15, -0.1) is 0 Å². The van der Waals surface area contributed by atoms with Crippen molar-refractivity contribution in [3.05, 3.63) is 63.7 Å². The summed E-state index contributed by atoms with van der Waals surface area (Å²) in [4.78, 5) is 10.8. The molecule has 96 valence electrons. The van der Waals surface area contributed by atoms with Crippen molar-refractivity contribution in [3.63, 3.8) is 0 Å². The van der Waals surface area contributed by atoms with Crippen LogP contribution in [-0.2, 0) is 12.8 Å². The lowest BCUT2D eigenvalue weighted by atomic mass is 9.89. The van der Waals surface area contributed by atoms with E-state index in [4.69, 9.17) is 0 Å². The lowest BCUT2D eigenvalue weighted by Gasteiger charge is -2.16. The van der Waals surface area contributed by atoms with Gasteiger partial charge in [0.05, 0.1) is 10.5 Å². The van der Waals surface area contributed by atoms with Gasteiger partial charge in [0.1, 0.15) is 0 Å². The molecule has 0 bridgehead atoms. The van der Waals surface area contributed by atoms with Crippen molar-refractivity contribution in [2.75, 3.05) is 0 Å². The Morgan fingerprint density at radius 3 is 2.47 bits per heavy atom. The van der Waals surface area contributed by atoms with Gasteiger partial charge in [0.2, 0.25) is 0 Å². The number of fused-ring (bicyclic) bond motifs is 1. The van der Waals surface area contributed by atoms with Crippen molar-refractivity contribution < 1.29 is 4.92 Å². The molecule has 3 nitrogen and oxygen atoms in total. The van der Waals surface area contributed by atoms with Crippen LogP contribution in [0.4, 0.5) is 5.69 Å². The minimum absolute atomic E-state index is 0.179. The molecule has 1 aliphatic rings. The molecular weight excluding hydrogens is 238 g/mol. The van der Waals surface area contributed by atoms with Gasteiger partial charge in [0.25, 0.3) is 5.69 Å². The molecule has 0 heterocycles. The van der Waals surface area contributed by atoms with Gasteiger partial charge in [-0.25, -0.2) is 0 Å². The van der Waals surface area contributed by atoms with Crippen molar-refractivity contribution >= 4 is 5.69 Å². The average molecular weight is 253 g/mol. The van der Waals surface area contributed by atoms with Crippen LogP contribution in [-0.4, -0.2) is 4.92 Å². The van der Waals surface area contributed by atoms with Crippen LogP contribution in [0, 0.1) is 10.1 Å². The van der Waals surface area contributed by atoms with Gasteiger partial charge in [-0.1, -0.05) is 30.3 Å². The number of rotatable bonds is 2. The van der Waals surface area contributed by atoms with E-state index in [1.165, 1.54) is 24.0 Å². The second kappa shape index (κ2) is 4.84. The second-order valence-corrected chi connectivity index (χ2v) is 4.96. The smallest absolute Gasteiger partial charge is 0.258 e. The molecule has 2 aromatic carbocycles. The molecule has 1 aliphatic carbocycles. The van der Waals surface area contributed by atoms with Gasteiger partial charge >= 0.3 is 0 Å². The van der Waals surface area contributed by atoms with Crippen molar-refractivity contribution in [1.82, 2.24) is 0 Å². The molecule has 2 aromatic rings. The van der Waals surface area contributed by atoms with Gasteiger partial charge in [0.15, 0.2) is 0 Å². The fourth-order valence-electron chi connectivity index (χ4n) is 2.78. The number of nitro benzene ring substituents is 1. The van der Waals surface area contributed by atoms with Crippen molar-refractivity contribution in [2.24, 2.45) is 0 Å². The Hall–Kier alpha value is -2.16. The Balaban J connectivity index is 2.10. The number of para-hydroxylation sites is 1. The summed E-state index contributed by atoms with van der Waals surface area (Å²) in [5.41, 5.74) is 4.59. The van der Waals surface area contributed by atoms with Crippen LogP contribution in [0.5, 0.6) is 0 Å². The van der Waals surface area contributed by atoms with Gasteiger partial charge < -0.3 is 0 Å². The minimum Gasteiger partial charge on any atom is -0.258 e. The molecule has 0 saturated carbocycles. The molecule has 0 aliphatic heterocycles. The van der Waals surface area contributed by atoms with Gasteiger partial charge in [-0.2, -0.15) is 0 Å². The molecule has 0 spiro atoms. The molecule has 0 unspecified atom stereocenters. The highest BCUT2D eigenvalue weighted by Crippen LogP contribution is 2.32. The first kappa shape index (κ1) is 11.9. The SMILES string of the molecule is O=[N+]([O-])c1ccccc1-c1ccc2c(c1)CCCC2. The van der Waals surface area contributed by atoms with Crippen molar-refractivity contribution in [2.45, 2.75) is 25.7 Å². The lowest BCUT2D eigenvalue weighted by Crippen LogP contribution is -2.02. The molecular formula is C16H15NO2. The van der Waals surface area contributed by atoms with Gasteiger partial charge in [-0.05, 0) is 48.4 Å². The number of benzene rings is 2. The first-order valence-corrected chi connectivity index (χ1v) is 6.61. The first-order valence-electron chi connectivity index (χ1n) is 6.61. The highest BCUT2D eigenvalue weighted by molar-refractivity contribution is 5.74. The fourth-order valence-corrected chi connectivity index (χ4v) is 2.78. The Kier molecular flexibility index (Phi) is 3.03. The van der Waals surface area contributed by atoms with Crippen molar-refractivity contribution in [1.29, 1.82) is 0 Å². The fraction of sp³-hybridized carbons (Fsp3) is 0.250. The van der Waals surface area contributed by atoms with Crippen LogP contribution in [0.15, 0.2) is 42.5 Å². The summed E-state index contributed by atoms with van der Waals surface area (Å²) in [7, 11) is 0. The quantitative estimate of drug-likeness (QED) is 0.596. The monoisotopic (exact) mass is 253 g/mol. The molecule has 3 heteroatoms. The third kappa shape index (κ3) is 2.24. The zero-order chi connectivity index (χ0) is 13.2. The molecule has 0 N–H and O–H groups in total. The molecule has 0 saturated heterocycles. The van der Waals surface area contributed by atoms with Gasteiger partial charge in [-0.3, -0.25) is 10.1 Å². The molecule has 0 amide bonds. The molecule has 0 fully saturated rings. The van der Waals surface area contributed by atoms with E-state index in [2.05, 4.69) is 12.1 Å². The highest BCUT2D eigenvalue weighted by atomic mass is 16.6. The highest BCUT2D eigenvalue weighted by Gasteiger charge is 2.16. The van der Waals surface area contributed by atoms with Crippen molar-refractivity contribution in [3.8, 4) is 11.1 Å². The average Bonchev–Trinajstić information content (AvgIpc) is 2.46. The zero-order valence-electron chi connectivity index (χ0n) is 10.6. The van der Waals surface area contributed by atoms with Crippen LogP contribution < -0.4 is 0 Å². The second-order valence-electron chi connectivity index (χ2n) is 4.96. The van der Waals surface area contributed by atoms with Crippen LogP contribution in [0.1, 0.15) is 24.0 Å². The number of hydrogen-bond acceptors (Lipinski definition) is 2. The Morgan fingerprint density at radius 1 is 0.947 bits per heavy atom. The van der Waals surface area contributed by atoms with Crippen LogP contribution >= 0.6 is 0 Å². The third-order valence-electron chi connectivity index (χ3n) is 3.76. The Labute approximate surface area is 112 Å². The van der Waals surface area contributed by atoms with E-state index < -0.39 is 0 Å². The van der Waals surface area contributed by atoms with E-state index in [0.29, 0.717) is 5.56 Å². The largest absolute Gasteiger partial charge is 0.277 e. The lowest BCUT2D eigenvalue weighted by molar-refractivity contribution is -0.384. The molecule has 0 aromatic heterocycles. The van der Waals surface area contributed by atoms with E-state index in [0.717, 1.165) is 18.4 Å². The Bertz CT molecular complexity index is 634. The number of nitrogens with zero attached hydrogens (tertiary/aromatic N) is 1. The van der Waals surface area contributed by atoms with Crippen LogP contribution in [0.25, 0.3) is 11.1 Å². The predicted molar refractivity (Wildman–Crippen MR) is 75.2 cm³/mol. The van der Waals surface area contributed by atoms with Crippen LogP contribution in [0.2, 0.25) is 0 Å². The molecule has 19 heavy (non-hydrogen) atoms. The Morgan fingerprint density at radius 2 is 1.68 bits per heavy atom. The first-order chi connectivity index (χ1) is 9.25. The number of aryl methyl sites for hydroxylation is 2. The maximum atomic E-state index is 11.1. The minimum atomic E-state index is -0.311. The summed E-state index contributed by atoms with van der Waals surface area (Å²) >= 11 is 0. The summed E-state index contributed by atoms with van der Waals surface area (Å²) in [6.07, 6.45) is 4.68. The van der Waals surface area contributed by atoms with Crippen LogP contribution in [0.3, 0.4) is 0 Å². The van der Waals surface area contributed by atoms with E-state index in [1.807, 2.05) is 18.2 Å². The zero-order valence-corrected chi connectivity index (χ0v) is 10.6. The summed E-state index contributed by atoms with van der Waals surface area (Å²) < 4.78 is 0. The standard InChI is InChI=1S/C16H15NO2/c18-17(19)16-8-4-3-7-15(16)14-10-9-12-5-1-2-6-13(12)11-14/h3-4,7-11H,1-2,5-6H2. The van der Waals surface area contributed by atoms with E-state index in [-0.39, 0.29) is 10.6 Å². The summed E-state index contributed by atoms with van der Waals surface area (Å²) in [6.45, 7) is 0. The number of hydrogen-bond donors (Lipinski definition) is 0. The summed E-state index contributed by atoms with van der Waals surface area (Å²) in [5.74, 6) is 0.